The molecule has 0 saturated heterocycles. The molecule has 0 aliphatic heterocycles. The number of anilines is 1. The molecule has 1 N–H and O–H groups in total. The van der Waals surface area contributed by atoms with Crippen molar-refractivity contribution in [3.8, 4) is 17.2 Å². The summed E-state index contributed by atoms with van der Waals surface area (Å²) in [6, 6.07) is 5.45. The van der Waals surface area contributed by atoms with E-state index in [9.17, 15) is 4.79 Å². The molecule has 1 aromatic carbocycles. The van der Waals surface area contributed by atoms with Crippen LogP contribution in [0.25, 0.3) is 11.0 Å². The number of rotatable bonds is 7. The predicted octanol–water partition coefficient (Wildman–Crippen LogP) is 4.17. The van der Waals surface area contributed by atoms with Crippen molar-refractivity contribution in [3.05, 3.63) is 35.7 Å². The van der Waals surface area contributed by atoms with E-state index in [2.05, 4.69) is 10.4 Å². The zero-order valence-corrected chi connectivity index (χ0v) is 17.9. The number of benzene rings is 1. The highest BCUT2D eigenvalue weighted by Crippen LogP contribution is 2.41. The lowest BCUT2D eigenvalue weighted by atomic mass is 10.1. The molecule has 0 atom stereocenters. The molecule has 3 aromatic rings. The fourth-order valence-electron chi connectivity index (χ4n) is 3.54. The smallest absolute Gasteiger partial charge is 0.256 e. The number of aromatic nitrogens is 3. The van der Waals surface area contributed by atoms with Crippen molar-refractivity contribution in [2.75, 3.05) is 26.6 Å². The number of hydrogen-bond donors (Lipinski definition) is 1. The molecule has 0 radical (unpaired) electrons. The number of pyridine rings is 1. The third-order valence-corrected chi connectivity index (χ3v) is 5.24. The van der Waals surface area contributed by atoms with Crippen LogP contribution in [0, 0.1) is 0 Å². The Hall–Kier alpha value is -3.29. The third-order valence-electron chi connectivity index (χ3n) is 5.24. The van der Waals surface area contributed by atoms with Gasteiger partial charge in [0.15, 0.2) is 17.1 Å². The fraction of sp³-hybridized carbons (Fsp3) is 0.409. The number of carbonyl (C=O) groups excluding carboxylic acids is 1. The van der Waals surface area contributed by atoms with Crippen LogP contribution in [0.1, 0.15) is 54.7 Å². The van der Waals surface area contributed by atoms with Crippen molar-refractivity contribution < 1.29 is 19.0 Å². The SMILES string of the molecule is COc1cc(NC(=O)c2cc(C3CC3)nc3c2cnn3C(C)C)cc(OC)c1OC. The number of hydrogen-bond acceptors (Lipinski definition) is 6. The largest absolute Gasteiger partial charge is 0.493 e. The second-order valence-corrected chi connectivity index (χ2v) is 7.66. The summed E-state index contributed by atoms with van der Waals surface area (Å²) in [6.45, 7) is 4.10. The lowest BCUT2D eigenvalue weighted by molar-refractivity contribution is 0.102. The maximum atomic E-state index is 13.3. The monoisotopic (exact) mass is 410 g/mol. The van der Waals surface area contributed by atoms with Crippen LogP contribution in [-0.2, 0) is 0 Å². The van der Waals surface area contributed by atoms with Gasteiger partial charge in [0.05, 0.1) is 38.5 Å². The second-order valence-electron chi connectivity index (χ2n) is 7.66. The molecule has 4 rings (SSSR count). The molecule has 1 aliphatic rings. The molecule has 1 aliphatic carbocycles. The van der Waals surface area contributed by atoms with Crippen LogP contribution in [-0.4, -0.2) is 42.0 Å². The van der Waals surface area contributed by atoms with Crippen LogP contribution >= 0.6 is 0 Å². The number of nitrogens with zero attached hydrogens (tertiary/aromatic N) is 3. The molecule has 0 spiro atoms. The Balaban J connectivity index is 1.75. The van der Waals surface area contributed by atoms with Crippen molar-refractivity contribution in [2.45, 2.75) is 38.6 Å². The minimum absolute atomic E-state index is 0.149. The van der Waals surface area contributed by atoms with E-state index in [1.165, 1.54) is 21.3 Å². The Morgan fingerprint density at radius 1 is 1.10 bits per heavy atom. The first-order valence-corrected chi connectivity index (χ1v) is 9.96. The van der Waals surface area contributed by atoms with Crippen molar-refractivity contribution in [3.63, 3.8) is 0 Å². The highest BCUT2D eigenvalue weighted by Gasteiger charge is 2.28. The van der Waals surface area contributed by atoms with E-state index < -0.39 is 0 Å². The zero-order valence-electron chi connectivity index (χ0n) is 17.9. The van der Waals surface area contributed by atoms with E-state index in [0.29, 0.717) is 34.4 Å². The average molecular weight is 410 g/mol. The lowest BCUT2D eigenvalue weighted by Crippen LogP contribution is -2.14. The maximum Gasteiger partial charge on any atom is 0.256 e. The van der Waals surface area contributed by atoms with Crippen molar-refractivity contribution in [1.29, 1.82) is 0 Å². The maximum absolute atomic E-state index is 13.3. The van der Waals surface area contributed by atoms with Gasteiger partial charge in [-0.25, -0.2) is 9.67 Å². The molecular formula is C22H26N4O4. The summed E-state index contributed by atoms with van der Waals surface area (Å²) in [6.07, 6.45) is 3.91. The number of carbonyl (C=O) groups is 1. The number of nitrogens with one attached hydrogen (secondary N) is 1. The molecular weight excluding hydrogens is 384 g/mol. The second kappa shape index (κ2) is 7.85. The fourth-order valence-corrected chi connectivity index (χ4v) is 3.54. The van der Waals surface area contributed by atoms with Gasteiger partial charge in [-0.05, 0) is 32.8 Å². The van der Waals surface area contributed by atoms with Gasteiger partial charge < -0.3 is 19.5 Å². The molecule has 2 aromatic heterocycles. The summed E-state index contributed by atoms with van der Waals surface area (Å²) in [4.78, 5) is 18.1. The zero-order chi connectivity index (χ0) is 21.4. The van der Waals surface area contributed by atoms with Crippen LogP contribution < -0.4 is 19.5 Å². The molecule has 8 nitrogen and oxygen atoms in total. The quantitative estimate of drug-likeness (QED) is 0.629. The Kier molecular flexibility index (Phi) is 5.24. The van der Waals surface area contributed by atoms with Gasteiger partial charge in [-0.2, -0.15) is 5.10 Å². The molecule has 158 valence electrons. The van der Waals surface area contributed by atoms with Gasteiger partial charge >= 0.3 is 0 Å². The Bertz CT molecular complexity index is 1080. The number of methoxy groups -OCH3 is 3. The molecule has 1 fully saturated rings. The number of amides is 1. The van der Waals surface area contributed by atoms with Crippen molar-refractivity contribution in [1.82, 2.24) is 14.8 Å². The van der Waals surface area contributed by atoms with Gasteiger partial charge in [0.1, 0.15) is 0 Å². The van der Waals surface area contributed by atoms with E-state index in [1.54, 1.807) is 18.3 Å². The Labute approximate surface area is 175 Å². The van der Waals surface area contributed by atoms with E-state index in [0.717, 1.165) is 29.6 Å². The number of ether oxygens (including phenoxy) is 3. The molecule has 1 saturated carbocycles. The topological polar surface area (TPSA) is 87.5 Å². The summed E-state index contributed by atoms with van der Waals surface area (Å²) < 4.78 is 18.0. The standard InChI is InChI=1S/C22H26N4O4/c1-12(2)26-21-16(11-23-26)15(10-17(25-21)13-6-7-13)22(27)24-14-8-18(28-3)20(30-5)19(9-14)29-4/h8-13H,6-7H2,1-5H3,(H,24,27). The van der Waals surface area contributed by atoms with Crippen LogP contribution in [0.4, 0.5) is 5.69 Å². The summed E-state index contributed by atoms with van der Waals surface area (Å²) in [5.41, 5.74) is 2.79. The minimum Gasteiger partial charge on any atom is -0.493 e. The van der Waals surface area contributed by atoms with Gasteiger partial charge in [0, 0.05) is 35.5 Å². The van der Waals surface area contributed by atoms with Gasteiger partial charge in [-0.15, -0.1) is 0 Å². The average Bonchev–Trinajstić information content (AvgIpc) is 3.50. The van der Waals surface area contributed by atoms with Crippen LogP contribution in [0.15, 0.2) is 24.4 Å². The highest BCUT2D eigenvalue weighted by molar-refractivity contribution is 6.12. The lowest BCUT2D eigenvalue weighted by Gasteiger charge is -2.15. The summed E-state index contributed by atoms with van der Waals surface area (Å²) in [5, 5.41) is 8.15. The van der Waals surface area contributed by atoms with Gasteiger partial charge in [0.2, 0.25) is 5.75 Å². The summed E-state index contributed by atoms with van der Waals surface area (Å²) in [7, 11) is 4.62. The third kappa shape index (κ3) is 3.53. The van der Waals surface area contributed by atoms with Crippen LogP contribution in [0.3, 0.4) is 0 Å². The van der Waals surface area contributed by atoms with E-state index in [-0.39, 0.29) is 11.9 Å². The first-order chi connectivity index (χ1) is 14.5. The molecule has 0 bridgehead atoms. The summed E-state index contributed by atoms with van der Waals surface area (Å²) in [5.74, 6) is 1.59. The first kappa shape index (κ1) is 20.0. The van der Waals surface area contributed by atoms with Gasteiger partial charge in [0.25, 0.3) is 5.91 Å². The molecule has 2 heterocycles. The van der Waals surface area contributed by atoms with Crippen LogP contribution in [0.2, 0.25) is 0 Å². The van der Waals surface area contributed by atoms with Crippen LogP contribution in [0.5, 0.6) is 17.2 Å². The Morgan fingerprint density at radius 2 is 1.77 bits per heavy atom. The minimum atomic E-state index is -0.234. The van der Waals surface area contributed by atoms with E-state index in [4.69, 9.17) is 19.2 Å². The van der Waals surface area contributed by atoms with Crippen molar-refractivity contribution >= 4 is 22.6 Å². The van der Waals surface area contributed by atoms with Crippen molar-refractivity contribution in [2.24, 2.45) is 0 Å². The Morgan fingerprint density at radius 3 is 2.30 bits per heavy atom. The molecule has 8 heteroatoms. The number of fused-ring (bicyclic) bond motifs is 1. The van der Waals surface area contributed by atoms with E-state index in [1.807, 2.05) is 24.6 Å². The van der Waals surface area contributed by atoms with Gasteiger partial charge in [-0.1, -0.05) is 0 Å². The van der Waals surface area contributed by atoms with Gasteiger partial charge in [-0.3, -0.25) is 4.79 Å². The molecule has 0 unspecified atom stereocenters. The highest BCUT2D eigenvalue weighted by atomic mass is 16.5. The first-order valence-electron chi connectivity index (χ1n) is 9.96. The summed E-state index contributed by atoms with van der Waals surface area (Å²) >= 11 is 0. The molecule has 1 amide bonds. The molecule has 30 heavy (non-hydrogen) atoms. The predicted molar refractivity (Wildman–Crippen MR) is 114 cm³/mol. The van der Waals surface area contributed by atoms with E-state index >= 15 is 0 Å². The normalized spacial score (nSPS) is 13.5.